The van der Waals surface area contributed by atoms with Crippen molar-refractivity contribution >= 4 is 16.7 Å². The van der Waals surface area contributed by atoms with Crippen LogP contribution in [-0.4, -0.2) is 70.9 Å². The van der Waals surface area contributed by atoms with Crippen LogP contribution in [0, 0.1) is 0 Å². The molecule has 0 unspecified atom stereocenters. The average Bonchev–Trinajstić information content (AvgIpc) is 3.33. The first-order chi connectivity index (χ1) is 14.7. The third kappa shape index (κ3) is 3.91. The fourth-order valence-corrected chi connectivity index (χ4v) is 5.54. The van der Waals surface area contributed by atoms with Gasteiger partial charge in [-0.25, -0.2) is 0 Å². The zero-order valence-electron chi connectivity index (χ0n) is 17.7. The Bertz CT molecular complexity index is 971. The summed E-state index contributed by atoms with van der Waals surface area (Å²) < 4.78 is 0. The number of pyridine rings is 1. The predicted molar refractivity (Wildman–Crippen MR) is 119 cm³/mol. The number of H-pyrrole nitrogens is 1. The van der Waals surface area contributed by atoms with Crippen molar-refractivity contribution in [3.05, 3.63) is 45.9 Å². The predicted octanol–water partition coefficient (Wildman–Crippen LogP) is 2.36. The summed E-state index contributed by atoms with van der Waals surface area (Å²) in [7, 11) is 0. The zero-order valence-corrected chi connectivity index (χ0v) is 17.7. The largest absolute Gasteiger partial charge is 0.338 e. The molecule has 3 aliphatic rings. The van der Waals surface area contributed by atoms with E-state index in [9.17, 15) is 9.59 Å². The third-order valence-electron chi connectivity index (χ3n) is 7.31. The zero-order chi connectivity index (χ0) is 20.5. The Morgan fingerprint density at radius 1 is 1.00 bits per heavy atom. The van der Waals surface area contributed by atoms with Gasteiger partial charge in [-0.3, -0.25) is 9.59 Å². The van der Waals surface area contributed by atoms with Crippen LogP contribution in [0.4, 0.5) is 0 Å². The molecule has 2 fully saturated rings. The minimum absolute atomic E-state index is 0.0264. The van der Waals surface area contributed by atoms with E-state index in [1.807, 2.05) is 29.2 Å². The molecule has 6 nitrogen and oxygen atoms in total. The number of carbonyl (C=O) groups excluding carboxylic acids is 1. The Hall–Kier alpha value is -2.18. The van der Waals surface area contributed by atoms with Gasteiger partial charge >= 0.3 is 0 Å². The number of hydrogen-bond donors (Lipinski definition) is 1. The van der Waals surface area contributed by atoms with Crippen LogP contribution in [0.2, 0.25) is 0 Å². The summed E-state index contributed by atoms with van der Waals surface area (Å²) in [5.41, 5.74) is 2.07. The molecule has 4 heterocycles. The van der Waals surface area contributed by atoms with Crippen LogP contribution in [0.5, 0.6) is 0 Å². The third-order valence-corrected chi connectivity index (χ3v) is 7.31. The molecule has 0 spiro atoms. The Balaban J connectivity index is 1.17. The highest BCUT2D eigenvalue weighted by molar-refractivity contribution is 5.86. The normalized spacial score (nSPS) is 21.3. The molecule has 2 saturated heterocycles. The molecule has 3 aliphatic heterocycles. The molecule has 2 aromatic rings. The molecule has 1 aromatic heterocycles. The second-order valence-electron chi connectivity index (χ2n) is 9.09. The summed E-state index contributed by atoms with van der Waals surface area (Å²) in [6.45, 7) is 6.94. The lowest BCUT2D eigenvalue weighted by Gasteiger charge is -2.37. The van der Waals surface area contributed by atoms with Crippen LogP contribution < -0.4 is 5.56 Å². The van der Waals surface area contributed by atoms with Gasteiger partial charge in [-0.2, -0.15) is 0 Å². The van der Waals surface area contributed by atoms with E-state index in [0.29, 0.717) is 24.9 Å². The van der Waals surface area contributed by atoms with Gasteiger partial charge in [-0.1, -0.05) is 18.2 Å². The highest BCUT2D eigenvalue weighted by Crippen LogP contribution is 2.25. The second-order valence-corrected chi connectivity index (χ2v) is 9.09. The summed E-state index contributed by atoms with van der Waals surface area (Å²) in [5, 5.41) is 1.70. The lowest BCUT2D eigenvalue weighted by molar-refractivity contribution is -0.132. The number of aromatic amines is 1. The van der Waals surface area contributed by atoms with E-state index in [1.165, 1.54) is 38.8 Å². The monoisotopic (exact) mass is 408 g/mol. The molecule has 1 N–H and O–H groups in total. The van der Waals surface area contributed by atoms with Crippen LogP contribution in [0.25, 0.3) is 10.8 Å². The van der Waals surface area contributed by atoms with Gasteiger partial charge in [0.05, 0.1) is 0 Å². The molecular weight excluding hydrogens is 376 g/mol. The molecule has 0 radical (unpaired) electrons. The SMILES string of the molecule is O=C(CCN1CCC(N2CCCC2)CC1)N1CCc2[nH]c(=O)c3ccccc3c2C1. The number of hydrogen-bond acceptors (Lipinski definition) is 4. The highest BCUT2D eigenvalue weighted by Gasteiger charge is 2.28. The average molecular weight is 409 g/mol. The fraction of sp³-hybridized carbons (Fsp3) is 0.583. The maximum atomic E-state index is 12.9. The molecule has 0 aliphatic carbocycles. The number of aromatic nitrogens is 1. The van der Waals surface area contributed by atoms with Gasteiger partial charge in [0, 0.05) is 49.6 Å². The molecule has 1 amide bonds. The number of fused-ring (bicyclic) bond motifs is 3. The van der Waals surface area contributed by atoms with E-state index in [1.54, 1.807) is 0 Å². The van der Waals surface area contributed by atoms with E-state index in [-0.39, 0.29) is 11.5 Å². The van der Waals surface area contributed by atoms with Gasteiger partial charge in [0.15, 0.2) is 0 Å². The van der Waals surface area contributed by atoms with Gasteiger partial charge in [-0.15, -0.1) is 0 Å². The highest BCUT2D eigenvalue weighted by atomic mass is 16.2. The van der Waals surface area contributed by atoms with E-state index in [2.05, 4.69) is 14.8 Å². The molecule has 0 saturated carbocycles. The first-order valence-corrected chi connectivity index (χ1v) is 11.6. The summed E-state index contributed by atoms with van der Waals surface area (Å²) >= 11 is 0. The molecule has 1 aromatic carbocycles. The standard InChI is InChI=1S/C24H32N4O2/c29-23(10-15-26-13-7-18(8-14-26)27-11-3-4-12-27)28-16-9-22-21(17-28)19-5-1-2-6-20(19)24(30)25-22/h1-2,5-6,18H,3-4,7-17H2,(H,25,30). The molecule has 6 heteroatoms. The lowest BCUT2D eigenvalue weighted by atomic mass is 9.98. The number of likely N-dealkylation sites (tertiary alicyclic amines) is 2. The molecule has 0 bridgehead atoms. The van der Waals surface area contributed by atoms with Crippen molar-refractivity contribution in [2.24, 2.45) is 0 Å². The quantitative estimate of drug-likeness (QED) is 0.844. The first kappa shape index (κ1) is 19.8. The summed E-state index contributed by atoms with van der Waals surface area (Å²) in [6.07, 6.45) is 6.51. The van der Waals surface area contributed by atoms with E-state index >= 15 is 0 Å². The van der Waals surface area contributed by atoms with Crippen molar-refractivity contribution in [3.63, 3.8) is 0 Å². The summed E-state index contributed by atoms with van der Waals surface area (Å²) in [6, 6.07) is 8.48. The Kier molecular flexibility index (Phi) is 5.61. The number of nitrogens with one attached hydrogen (secondary N) is 1. The number of rotatable bonds is 4. The molecule has 160 valence electrons. The number of benzene rings is 1. The molecule has 0 atom stereocenters. The fourth-order valence-electron chi connectivity index (χ4n) is 5.54. The van der Waals surface area contributed by atoms with Gasteiger partial charge in [0.25, 0.3) is 5.56 Å². The van der Waals surface area contributed by atoms with Gasteiger partial charge in [-0.05, 0) is 68.9 Å². The topological polar surface area (TPSA) is 59.7 Å². The number of piperidine rings is 1. The Morgan fingerprint density at radius 2 is 1.73 bits per heavy atom. The van der Waals surface area contributed by atoms with Crippen LogP contribution >= 0.6 is 0 Å². The number of amides is 1. The minimum atomic E-state index is -0.0264. The summed E-state index contributed by atoms with van der Waals surface area (Å²) in [5.74, 6) is 0.234. The number of carbonyl (C=O) groups is 1. The molecule has 5 rings (SSSR count). The Labute approximate surface area is 177 Å². The van der Waals surface area contributed by atoms with Crippen LogP contribution in [0.3, 0.4) is 0 Å². The van der Waals surface area contributed by atoms with Crippen LogP contribution in [0.15, 0.2) is 29.1 Å². The van der Waals surface area contributed by atoms with E-state index < -0.39 is 0 Å². The second kappa shape index (κ2) is 8.52. The summed E-state index contributed by atoms with van der Waals surface area (Å²) in [4.78, 5) is 35.4. The van der Waals surface area contributed by atoms with Gasteiger partial charge in [0.1, 0.15) is 0 Å². The molecule has 30 heavy (non-hydrogen) atoms. The van der Waals surface area contributed by atoms with Crippen LogP contribution in [0.1, 0.15) is 43.4 Å². The van der Waals surface area contributed by atoms with Crippen molar-refractivity contribution in [3.8, 4) is 0 Å². The van der Waals surface area contributed by atoms with Crippen molar-refractivity contribution in [1.82, 2.24) is 19.7 Å². The van der Waals surface area contributed by atoms with E-state index in [4.69, 9.17) is 0 Å². The smallest absolute Gasteiger partial charge is 0.256 e. The minimum Gasteiger partial charge on any atom is -0.338 e. The first-order valence-electron chi connectivity index (χ1n) is 11.6. The Morgan fingerprint density at radius 3 is 2.50 bits per heavy atom. The molecular formula is C24H32N4O2. The van der Waals surface area contributed by atoms with Gasteiger partial charge < -0.3 is 19.7 Å². The number of nitrogens with zero attached hydrogens (tertiary/aromatic N) is 3. The van der Waals surface area contributed by atoms with Crippen molar-refractivity contribution in [2.45, 2.75) is 51.1 Å². The van der Waals surface area contributed by atoms with Gasteiger partial charge in [0.2, 0.25) is 5.91 Å². The van der Waals surface area contributed by atoms with Crippen molar-refractivity contribution in [2.75, 3.05) is 39.3 Å². The van der Waals surface area contributed by atoms with Crippen molar-refractivity contribution < 1.29 is 4.79 Å². The van der Waals surface area contributed by atoms with E-state index in [0.717, 1.165) is 48.7 Å². The van der Waals surface area contributed by atoms with Crippen LogP contribution in [-0.2, 0) is 17.8 Å². The lowest BCUT2D eigenvalue weighted by Crippen LogP contribution is -2.45. The maximum Gasteiger partial charge on any atom is 0.256 e. The maximum absolute atomic E-state index is 12.9. The van der Waals surface area contributed by atoms with Crippen molar-refractivity contribution in [1.29, 1.82) is 0 Å².